The monoisotopic (exact) mass is 341 g/mol. The van der Waals surface area contributed by atoms with Gasteiger partial charge in [0.1, 0.15) is 11.1 Å². The van der Waals surface area contributed by atoms with Crippen LogP contribution in [0.15, 0.2) is 73.0 Å². The number of anilines is 1. The number of nitrogens with zero attached hydrogens (tertiary/aromatic N) is 3. The highest BCUT2D eigenvalue weighted by molar-refractivity contribution is 7.19. The van der Waals surface area contributed by atoms with Crippen LogP contribution in [0.25, 0.3) is 21.4 Å². The van der Waals surface area contributed by atoms with E-state index in [1.807, 2.05) is 61.8 Å². The van der Waals surface area contributed by atoms with Crippen LogP contribution >= 0.6 is 11.3 Å². The molecule has 2 heterocycles. The van der Waals surface area contributed by atoms with Crippen molar-refractivity contribution in [2.45, 2.75) is 0 Å². The Hall–Kier alpha value is -3.16. The number of thiazole rings is 1. The molecule has 1 aliphatic rings. The Morgan fingerprint density at radius 3 is 2.80 bits per heavy atom. The zero-order chi connectivity index (χ0) is 17.2. The molecule has 0 bridgehead atoms. The molecule has 0 atom stereocenters. The van der Waals surface area contributed by atoms with Crippen molar-refractivity contribution in [2.75, 3.05) is 11.9 Å². The largest absolute Gasteiger partial charge is 0.351 e. The third kappa shape index (κ3) is 2.86. The van der Waals surface area contributed by atoms with Gasteiger partial charge in [-0.05, 0) is 35.9 Å². The van der Waals surface area contributed by atoms with Crippen LogP contribution in [-0.4, -0.2) is 12.0 Å². The number of allylic oxidation sites excluding steroid dienone is 5. The number of benzene rings is 2. The van der Waals surface area contributed by atoms with Crippen LogP contribution in [0.1, 0.15) is 10.6 Å². The molecular formula is C21H15N3S. The maximum absolute atomic E-state index is 9.56. The van der Waals surface area contributed by atoms with Crippen molar-refractivity contribution in [1.82, 2.24) is 4.98 Å². The van der Waals surface area contributed by atoms with Crippen LogP contribution in [0, 0.1) is 11.3 Å². The number of para-hydroxylation sites is 2. The predicted molar refractivity (Wildman–Crippen MR) is 105 cm³/mol. The summed E-state index contributed by atoms with van der Waals surface area (Å²) < 4.78 is 1.09. The lowest BCUT2D eigenvalue weighted by atomic mass is 9.99. The minimum absolute atomic E-state index is 0.582. The van der Waals surface area contributed by atoms with Crippen molar-refractivity contribution in [3.05, 3.63) is 83.5 Å². The lowest BCUT2D eigenvalue weighted by Crippen LogP contribution is -2.13. The fourth-order valence-corrected chi connectivity index (χ4v) is 3.79. The molecule has 0 aliphatic carbocycles. The van der Waals surface area contributed by atoms with Gasteiger partial charge < -0.3 is 4.90 Å². The maximum atomic E-state index is 9.56. The van der Waals surface area contributed by atoms with Crippen molar-refractivity contribution in [2.24, 2.45) is 0 Å². The Kier molecular flexibility index (Phi) is 3.93. The molecule has 25 heavy (non-hydrogen) atoms. The second kappa shape index (κ2) is 6.39. The highest BCUT2D eigenvalue weighted by Gasteiger charge is 2.12. The van der Waals surface area contributed by atoms with Crippen LogP contribution in [0.3, 0.4) is 0 Å². The van der Waals surface area contributed by atoms with Gasteiger partial charge in [0.2, 0.25) is 0 Å². The molecule has 4 heteroatoms. The summed E-state index contributed by atoms with van der Waals surface area (Å²) in [5.41, 5.74) is 4.91. The lowest BCUT2D eigenvalue weighted by Gasteiger charge is -2.23. The average molecular weight is 341 g/mol. The fourth-order valence-electron chi connectivity index (χ4n) is 2.85. The van der Waals surface area contributed by atoms with Crippen LogP contribution in [0.4, 0.5) is 5.69 Å². The Morgan fingerprint density at radius 2 is 1.96 bits per heavy atom. The van der Waals surface area contributed by atoms with E-state index in [1.54, 1.807) is 11.3 Å². The minimum atomic E-state index is 0.582. The molecule has 0 unspecified atom stereocenters. The first-order valence-electron chi connectivity index (χ1n) is 7.95. The summed E-state index contributed by atoms with van der Waals surface area (Å²) in [6.45, 7) is 0. The standard InChI is InChI=1S/C21H15N3S/c1-24-13-12-15(17-6-2-4-8-19(17)24)10-11-16(14-22)21-23-18-7-3-5-9-20(18)25-21/h2-13H,1H3/b15-10+,16-11+. The van der Waals surface area contributed by atoms with Gasteiger partial charge in [0, 0.05) is 24.5 Å². The first-order valence-corrected chi connectivity index (χ1v) is 8.76. The molecule has 2 aromatic carbocycles. The van der Waals surface area contributed by atoms with E-state index in [9.17, 15) is 5.26 Å². The maximum Gasteiger partial charge on any atom is 0.135 e. The van der Waals surface area contributed by atoms with Gasteiger partial charge in [-0.1, -0.05) is 36.4 Å². The Bertz CT molecular complexity index is 1050. The minimum Gasteiger partial charge on any atom is -0.351 e. The molecule has 4 rings (SSSR count). The number of fused-ring (bicyclic) bond motifs is 2. The van der Waals surface area contributed by atoms with Crippen molar-refractivity contribution in [3.63, 3.8) is 0 Å². The zero-order valence-corrected chi connectivity index (χ0v) is 14.5. The van der Waals surface area contributed by atoms with E-state index in [1.165, 1.54) is 0 Å². The molecule has 0 N–H and O–H groups in total. The molecule has 1 aliphatic heterocycles. The molecule has 0 fully saturated rings. The van der Waals surface area contributed by atoms with E-state index in [0.29, 0.717) is 5.57 Å². The van der Waals surface area contributed by atoms with Crippen molar-refractivity contribution >= 4 is 38.4 Å². The normalized spacial score (nSPS) is 15.4. The van der Waals surface area contributed by atoms with E-state index < -0.39 is 0 Å². The fraction of sp³-hybridized carbons (Fsp3) is 0.0476. The highest BCUT2D eigenvalue weighted by Crippen LogP contribution is 2.32. The quantitative estimate of drug-likeness (QED) is 0.598. The summed E-state index contributed by atoms with van der Waals surface area (Å²) in [7, 11) is 2.03. The molecule has 3 aromatic rings. The Morgan fingerprint density at radius 1 is 1.16 bits per heavy atom. The number of rotatable bonds is 2. The molecular weight excluding hydrogens is 326 g/mol. The van der Waals surface area contributed by atoms with Crippen LogP contribution in [-0.2, 0) is 0 Å². The van der Waals surface area contributed by atoms with Crippen LogP contribution < -0.4 is 4.90 Å². The third-order valence-corrected chi connectivity index (χ3v) is 5.22. The van der Waals surface area contributed by atoms with Gasteiger partial charge in [-0.25, -0.2) is 4.98 Å². The number of aromatic nitrogens is 1. The van der Waals surface area contributed by atoms with Gasteiger partial charge in [0.05, 0.1) is 15.8 Å². The van der Waals surface area contributed by atoms with E-state index in [4.69, 9.17) is 0 Å². The zero-order valence-electron chi connectivity index (χ0n) is 13.7. The molecule has 0 spiro atoms. The SMILES string of the molecule is CN1C=C/C(=C\C=C(/C#N)c2nc3ccccc3s2)c2ccccc21. The third-order valence-electron chi connectivity index (χ3n) is 4.15. The number of hydrogen-bond acceptors (Lipinski definition) is 4. The average Bonchev–Trinajstić information content (AvgIpc) is 3.08. The van der Waals surface area contributed by atoms with Crippen molar-refractivity contribution in [1.29, 1.82) is 5.26 Å². The molecule has 0 amide bonds. The van der Waals surface area contributed by atoms with Gasteiger partial charge >= 0.3 is 0 Å². The summed E-state index contributed by atoms with van der Waals surface area (Å²) in [4.78, 5) is 6.67. The summed E-state index contributed by atoms with van der Waals surface area (Å²) in [5, 5.41) is 10.3. The summed E-state index contributed by atoms with van der Waals surface area (Å²) in [6.07, 6.45) is 7.95. The van der Waals surface area contributed by atoms with Gasteiger partial charge in [0.15, 0.2) is 0 Å². The molecule has 0 saturated carbocycles. The van der Waals surface area contributed by atoms with Gasteiger partial charge in [0.25, 0.3) is 0 Å². The van der Waals surface area contributed by atoms with Crippen LogP contribution in [0.5, 0.6) is 0 Å². The Balaban J connectivity index is 1.75. The van der Waals surface area contributed by atoms with Gasteiger partial charge in [-0.3, -0.25) is 0 Å². The second-order valence-corrected chi connectivity index (χ2v) is 6.78. The van der Waals surface area contributed by atoms with Crippen molar-refractivity contribution in [3.8, 4) is 6.07 Å². The van der Waals surface area contributed by atoms with Crippen molar-refractivity contribution < 1.29 is 0 Å². The molecule has 3 nitrogen and oxygen atoms in total. The molecule has 0 saturated heterocycles. The number of hydrogen-bond donors (Lipinski definition) is 0. The Labute approximate surface area is 150 Å². The van der Waals surface area contributed by atoms with Gasteiger partial charge in [-0.2, -0.15) is 5.26 Å². The van der Waals surface area contributed by atoms with E-state index in [0.717, 1.165) is 32.0 Å². The summed E-state index contributed by atoms with van der Waals surface area (Å²) in [6, 6.07) is 18.5. The van der Waals surface area contributed by atoms with Gasteiger partial charge in [-0.15, -0.1) is 11.3 Å². The van der Waals surface area contributed by atoms with E-state index in [2.05, 4.69) is 34.2 Å². The highest BCUT2D eigenvalue weighted by atomic mass is 32.1. The first kappa shape index (κ1) is 15.4. The smallest absolute Gasteiger partial charge is 0.135 e. The number of nitriles is 1. The lowest BCUT2D eigenvalue weighted by molar-refractivity contribution is 1.18. The first-order chi connectivity index (χ1) is 12.3. The molecule has 0 radical (unpaired) electrons. The van der Waals surface area contributed by atoms with Crippen LogP contribution in [0.2, 0.25) is 0 Å². The summed E-state index contributed by atoms with van der Waals surface area (Å²) in [5.74, 6) is 0. The predicted octanol–water partition coefficient (Wildman–Crippen LogP) is 5.25. The van der Waals surface area contributed by atoms with E-state index >= 15 is 0 Å². The second-order valence-electron chi connectivity index (χ2n) is 5.74. The summed E-state index contributed by atoms with van der Waals surface area (Å²) >= 11 is 1.55. The molecule has 1 aromatic heterocycles. The topological polar surface area (TPSA) is 39.9 Å². The van der Waals surface area contributed by atoms with E-state index in [-0.39, 0.29) is 0 Å². The molecule has 120 valence electrons.